The highest BCUT2D eigenvalue weighted by Gasteiger charge is 2.55. The maximum atomic E-state index is 13.2. The summed E-state index contributed by atoms with van der Waals surface area (Å²) in [6, 6.07) is 9.86. The molecule has 0 amide bonds. The Morgan fingerprint density at radius 1 is 1.17 bits per heavy atom. The molecule has 35 heavy (non-hydrogen) atoms. The van der Waals surface area contributed by atoms with Gasteiger partial charge in [0.1, 0.15) is 11.9 Å². The lowest BCUT2D eigenvalue weighted by Crippen LogP contribution is -2.45. The molecule has 0 N–H and O–H groups in total. The Balaban J connectivity index is 1.37. The van der Waals surface area contributed by atoms with Crippen molar-refractivity contribution in [3.8, 4) is 11.5 Å². The fourth-order valence-corrected chi connectivity index (χ4v) is 6.79. The van der Waals surface area contributed by atoms with Crippen LogP contribution in [0.25, 0.3) is 0 Å². The Morgan fingerprint density at radius 3 is 2.74 bits per heavy atom. The second kappa shape index (κ2) is 9.73. The van der Waals surface area contributed by atoms with Gasteiger partial charge >= 0.3 is 5.97 Å². The lowest BCUT2D eigenvalue weighted by molar-refractivity contribution is -0.146. The number of hydrogen-bond acceptors (Lipinski definition) is 6. The van der Waals surface area contributed by atoms with Crippen molar-refractivity contribution in [1.29, 1.82) is 0 Å². The minimum atomic E-state index is -0.144. The normalized spacial score (nSPS) is 30.1. The zero-order valence-corrected chi connectivity index (χ0v) is 21.1. The van der Waals surface area contributed by atoms with Crippen molar-refractivity contribution >= 4 is 5.97 Å². The lowest BCUT2D eigenvalue weighted by Gasteiger charge is -2.50. The molecule has 6 nitrogen and oxygen atoms in total. The van der Waals surface area contributed by atoms with Gasteiger partial charge in [0, 0.05) is 19.0 Å². The number of methoxy groups -OCH3 is 2. The van der Waals surface area contributed by atoms with Crippen LogP contribution in [-0.4, -0.2) is 37.7 Å². The molecule has 6 heteroatoms. The highest BCUT2D eigenvalue weighted by Crippen LogP contribution is 2.57. The fourth-order valence-electron chi connectivity index (χ4n) is 6.79. The molecule has 3 fully saturated rings. The van der Waals surface area contributed by atoms with Crippen LogP contribution in [0.4, 0.5) is 0 Å². The Morgan fingerprint density at radius 2 is 2.00 bits per heavy atom. The van der Waals surface area contributed by atoms with Crippen molar-refractivity contribution in [3.63, 3.8) is 0 Å². The van der Waals surface area contributed by atoms with Gasteiger partial charge in [-0.2, -0.15) is 0 Å². The summed E-state index contributed by atoms with van der Waals surface area (Å²) in [6.07, 6.45) is 7.18. The van der Waals surface area contributed by atoms with Gasteiger partial charge in [-0.05, 0) is 73.3 Å². The van der Waals surface area contributed by atoms with Gasteiger partial charge in [-0.25, -0.2) is 0 Å². The minimum absolute atomic E-state index is 0.0196. The van der Waals surface area contributed by atoms with E-state index in [1.165, 1.54) is 18.4 Å². The van der Waals surface area contributed by atoms with Gasteiger partial charge in [0.15, 0.2) is 11.5 Å². The topological polar surface area (TPSA) is 61.1 Å². The summed E-state index contributed by atoms with van der Waals surface area (Å²) in [5.41, 5.74) is 2.67. The van der Waals surface area contributed by atoms with E-state index in [0.717, 1.165) is 30.6 Å². The van der Waals surface area contributed by atoms with Crippen LogP contribution in [-0.2, 0) is 22.6 Å². The molecule has 2 aromatic rings. The van der Waals surface area contributed by atoms with E-state index < -0.39 is 0 Å². The largest absolute Gasteiger partial charge is 0.493 e. The number of carbonyl (C=O) groups excluding carboxylic acids is 1. The number of allylic oxidation sites excluding steroid dienone is 1. The number of rotatable bonds is 8. The first-order chi connectivity index (χ1) is 16.9. The highest BCUT2D eigenvalue weighted by molar-refractivity contribution is 5.75. The van der Waals surface area contributed by atoms with Gasteiger partial charge in [-0.3, -0.25) is 9.69 Å². The monoisotopic (exact) mass is 479 g/mol. The number of furan rings is 1. The van der Waals surface area contributed by atoms with E-state index >= 15 is 0 Å². The van der Waals surface area contributed by atoms with E-state index in [1.54, 1.807) is 20.5 Å². The molecule has 0 bridgehead atoms. The van der Waals surface area contributed by atoms with Gasteiger partial charge in [0.05, 0.1) is 32.9 Å². The number of ether oxygens (including phenoxy) is 3. The predicted octanol–water partition coefficient (Wildman–Crippen LogP) is 5.61. The first-order valence-corrected chi connectivity index (χ1v) is 12.7. The third kappa shape index (κ3) is 4.73. The Labute approximate surface area is 208 Å². The standard InChI is InChI=1S/C29H37NO5/c1-19-7-5-11-29(2)15-27-22(14-24(19)29)23(28(31)35-27)18-30(17-21-8-6-12-34-21)16-20-9-10-25(32-3)26(13-20)33-4/h6,8-10,12-13,22-24,27H,1,5,7,11,14-18H2,2-4H3/t22-,23-,24+,27-,29-/m1/s1. The van der Waals surface area contributed by atoms with E-state index in [2.05, 4.69) is 18.4 Å². The van der Waals surface area contributed by atoms with Crippen molar-refractivity contribution in [2.45, 2.75) is 58.2 Å². The molecule has 0 spiro atoms. The van der Waals surface area contributed by atoms with Gasteiger partial charge in [-0.1, -0.05) is 25.1 Å². The Kier molecular flexibility index (Phi) is 6.67. The minimum Gasteiger partial charge on any atom is -0.493 e. The molecule has 0 radical (unpaired) electrons. The average Bonchev–Trinajstić information content (AvgIpc) is 3.45. The molecular formula is C29H37NO5. The molecule has 2 saturated carbocycles. The summed E-state index contributed by atoms with van der Waals surface area (Å²) in [5, 5.41) is 0. The number of benzene rings is 1. The molecule has 1 aliphatic heterocycles. The SMILES string of the molecule is C=C1CCC[C@]2(C)C[C@H]3OC(=O)[C@H](CN(Cc4ccc(OC)c(OC)c4)Cc4ccco4)[C@H]3C[C@@H]12. The fraction of sp³-hybridized carbons (Fsp3) is 0.552. The van der Waals surface area contributed by atoms with E-state index in [-0.39, 0.29) is 29.3 Å². The molecule has 1 aromatic heterocycles. The van der Waals surface area contributed by atoms with Gasteiger partial charge < -0.3 is 18.6 Å². The maximum absolute atomic E-state index is 13.2. The zero-order chi connectivity index (χ0) is 24.6. The summed E-state index contributed by atoms with van der Waals surface area (Å²) in [4.78, 5) is 15.5. The van der Waals surface area contributed by atoms with Gasteiger partial charge in [-0.15, -0.1) is 0 Å². The molecule has 3 aliphatic rings. The first kappa shape index (κ1) is 24.0. The van der Waals surface area contributed by atoms with Crippen molar-refractivity contribution < 1.29 is 23.4 Å². The Hall–Kier alpha value is -2.73. The predicted molar refractivity (Wildman–Crippen MR) is 133 cm³/mol. The number of nitrogens with zero attached hydrogens (tertiary/aromatic N) is 1. The molecule has 2 heterocycles. The van der Waals surface area contributed by atoms with Crippen LogP contribution >= 0.6 is 0 Å². The smallest absolute Gasteiger partial charge is 0.310 e. The van der Waals surface area contributed by atoms with Gasteiger partial charge in [0.2, 0.25) is 0 Å². The second-order valence-electron chi connectivity index (χ2n) is 10.8. The average molecular weight is 480 g/mol. The molecule has 1 aromatic carbocycles. The second-order valence-corrected chi connectivity index (χ2v) is 10.8. The molecule has 188 valence electrons. The number of carbonyl (C=O) groups is 1. The summed E-state index contributed by atoms with van der Waals surface area (Å²) >= 11 is 0. The van der Waals surface area contributed by atoms with Crippen LogP contribution < -0.4 is 9.47 Å². The molecule has 2 aliphatic carbocycles. The van der Waals surface area contributed by atoms with Crippen LogP contribution in [0.3, 0.4) is 0 Å². The van der Waals surface area contributed by atoms with Crippen LogP contribution in [0.1, 0.15) is 50.4 Å². The molecular weight excluding hydrogens is 442 g/mol. The van der Waals surface area contributed by atoms with Crippen LogP contribution in [0.2, 0.25) is 0 Å². The third-order valence-electron chi connectivity index (χ3n) is 8.59. The van der Waals surface area contributed by atoms with E-state index in [1.807, 2.05) is 30.3 Å². The zero-order valence-electron chi connectivity index (χ0n) is 21.1. The molecule has 1 saturated heterocycles. The third-order valence-corrected chi connectivity index (χ3v) is 8.59. The lowest BCUT2D eigenvalue weighted by atomic mass is 9.55. The van der Waals surface area contributed by atoms with Crippen molar-refractivity contribution in [1.82, 2.24) is 4.90 Å². The van der Waals surface area contributed by atoms with Crippen LogP contribution in [0.15, 0.2) is 53.2 Å². The summed E-state index contributed by atoms with van der Waals surface area (Å²) in [7, 11) is 3.28. The quantitative estimate of drug-likeness (QED) is 0.362. The van der Waals surface area contributed by atoms with Crippen molar-refractivity contribution in [3.05, 3.63) is 60.1 Å². The van der Waals surface area contributed by atoms with Crippen molar-refractivity contribution in [2.75, 3.05) is 20.8 Å². The van der Waals surface area contributed by atoms with Gasteiger partial charge in [0.25, 0.3) is 0 Å². The molecule has 5 rings (SSSR count). The van der Waals surface area contributed by atoms with E-state index in [4.69, 9.17) is 18.6 Å². The van der Waals surface area contributed by atoms with E-state index in [0.29, 0.717) is 37.1 Å². The number of hydrogen-bond donors (Lipinski definition) is 0. The number of esters is 1. The van der Waals surface area contributed by atoms with Crippen molar-refractivity contribution in [2.24, 2.45) is 23.2 Å². The van der Waals surface area contributed by atoms with Crippen LogP contribution in [0, 0.1) is 23.2 Å². The number of fused-ring (bicyclic) bond motifs is 2. The Bertz CT molecular complexity index is 1060. The maximum Gasteiger partial charge on any atom is 0.310 e. The summed E-state index contributed by atoms with van der Waals surface area (Å²) < 4.78 is 22.6. The molecule has 0 unspecified atom stereocenters. The van der Waals surface area contributed by atoms with E-state index in [9.17, 15) is 4.79 Å². The first-order valence-electron chi connectivity index (χ1n) is 12.7. The summed E-state index contributed by atoms with van der Waals surface area (Å²) in [6.45, 7) is 8.72. The summed E-state index contributed by atoms with van der Waals surface area (Å²) in [5.74, 6) is 2.81. The molecule has 5 atom stereocenters. The highest BCUT2D eigenvalue weighted by atomic mass is 16.6. The van der Waals surface area contributed by atoms with Crippen LogP contribution in [0.5, 0.6) is 11.5 Å².